The van der Waals surface area contributed by atoms with E-state index in [0.29, 0.717) is 11.7 Å². The smallest absolute Gasteiger partial charge is 0.275 e. The van der Waals surface area contributed by atoms with Gasteiger partial charge in [0.2, 0.25) is 0 Å². The number of hydrogen-bond donors (Lipinski definition) is 1. The molecule has 0 saturated carbocycles. The fourth-order valence-electron chi connectivity index (χ4n) is 3.23. The molecule has 0 radical (unpaired) electrons. The zero-order valence-electron chi connectivity index (χ0n) is 11.1. The molecular formula is C14H17ClN4O. The van der Waals surface area contributed by atoms with Crippen molar-refractivity contribution in [1.29, 1.82) is 0 Å². The van der Waals surface area contributed by atoms with Crippen LogP contribution in [0.1, 0.15) is 16.9 Å². The predicted molar refractivity (Wildman–Crippen MR) is 79.2 cm³/mol. The van der Waals surface area contributed by atoms with Crippen LogP contribution in [0, 0.1) is 0 Å². The fraction of sp³-hybridized carbons (Fsp3) is 0.429. The number of aromatic amines is 1. The summed E-state index contributed by atoms with van der Waals surface area (Å²) in [5.74, 6) is 0.0731. The number of benzene rings is 1. The topological polar surface area (TPSA) is 52.2 Å². The summed E-state index contributed by atoms with van der Waals surface area (Å²) >= 11 is 0. The van der Waals surface area contributed by atoms with E-state index in [0.717, 1.165) is 43.5 Å². The largest absolute Gasteiger partial charge is 0.332 e. The van der Waals surface area contributed by atoms with Gasteiger partial charge in [0.05, 0.1) is 5.52 Å². The van der Waals surface area contributed by atoms with Crippen LogP contribution in [0.2, 0.25) is 0 Å². The third-order valence-corrected chi connectivity index (χ3v) is 4.28. The van der Waals surface area contributed by atoms with Crippen LogP contribution in [0.4, 0.5) is 0 Å². The second-order valence-electron chi connectivity index (χ2n) is 5.36. The molecule has 2 saturated heterocycles. The van der Waals surface area contributed by atoms with E-state index in [2.05, 4.69) is 15.1 Å². The number of nitrogens with zero attached hydrogens (tertiary/aromatic N) is 3. The van der Waals surface area contributed by atoms with Gasteiger partial charge in [-0.2, -0.15) is 5.10 Å². The van der Waals surface area contributed by atoms with E-state index >= 15 is 0 Å². The van der Waals surface area contributed by atoms with E-state index in [4.69, 9.17) is 0 Å². The normalized spacial score (nSPS) is 24.7. The molecule has 2 aliphatic rings. The maximum atomic E-state index is 12.7. The van der Waals surface area contributed by atoms with Gasteiger partial charge in [-0.15, -0.1) is 12.4 Å². The minimum absolute atomic E-state index is 0. The first-order valence-corrected chi connectivity index (χ1v) is 6.79. The highest BCUT2D eigenvalue weighted by Crippen LogP contribution is 2.24. The summed E-state index contributed by atoms with van der Waals surface area (Å²) in [5.41, 5.74) is 1.49. The molecule has 1 amide bonds. The molecule has 0 spiro atoms. The Balaban J connectivity index is 0.00000121. The summed E-state index contributed by atoms with van der Waals surface area (Å²) in [6.45, 7) is 3.96. The number of H-pyrrole nitrogens is 1. The van der Waals surface area contributed by atoms with Crippen LogP contribution in [-0.4, -0.2) is 58.1 Å². The monoisotopic (exact) mass is 292 g/mol. The second kappa shape index (κ2) is 5.07. The number of para-hydroxylation sites is 1. The van der Waals surface area contributed by atoms with Gasteiger partial charge in [-0.3, -0.25) is 14.8 Å². The molecule has 0 aliphatic carbocycles. The summed E-state index contributed by atoms with van der Waals surface area (Å²) in [6, 6.07) is 8.17. The third kappa shape index (κ3) is 1.98. The first-order valence-electron chi connectivity index (χ1n) is 6.79. The molecule has 4 rings (SSSR count). The van der Waals surface area contributed by atoms with E-state index in [1.165, 1.54) is 0 Å². The second-order valence-corrected chi connectivity index (χ2v) is 5.36. The number of hydrogen-bond acceptors (Lipinski definition) is 3. The van der Waals surface area contributed by atoms with Crippen LogP contribution in [0.15, 0.2) is 24.3 Å². The number of halogens is 1. The summed E-state index contributed by atoms with van der Waals surface area (Å²) in [5, 5.41) is 8.09. The van der Waals surface area contributed by atoms with E-state index in [1.54, 1.807) is 0 Å². The number of fused-ring (bicyclic) bond motifs is 3. The van der Waals surface area contributed by atoms with Crippen molar-refractivity contribution in [1.82, 2.24) is 20.0 Å². The van der Waals surface area contributed by atoms with Crippen LogP contribution in [-0.2, 0) is 0 Å². The quantitative estimate of drug-likeness (QED) is 0.867. The first kappa shape index (κ1) is 13.4. The highest BCUT2D eigenvalue weighted by atomic mass is 35.5. The number of aromatic nitrogens is 2. The van der Waals surface area contributed by atoms with Crippen molar-refractivity contribution in [3.63, 3.8) is 0 Å². The first-order chi connectivity index (χ1) is 9.33. The molecule has 2 fully saturated rings. The van der Waals surface area contributed by atoms with E-state index in [9.17, 15) is 4.79 Å². The molecule has 2 aliphatic heterocycles. The Morgan fingerprint density at radius 3 is 3.00 bits per heavy atom. The SMILES string of the molecule is Cl.O=C(c1n[nH]c2ccccc12)N1CCN2CCC1C2. The number of nitrogens with one attached hydrogen (secondary N) is 1. The zero-order valence-corrected chi connectivity index (χ0v) is 11.9. The molecule has 106 valence electrons. The maximum absolute atomic E-state index is 12.7. The Labute approximate surface area is 123 Å². The van der Waals surface area contributed by atoms with Crippen molar-refractivity contribution < 1.29 is 4.79 Å². The molecule has 2 bridgehead atoms. The summed E-state index contributed by atoms with van der Waals surface area (Å²) in [4.78, 5) is 17.1. The highest BCUT2D eigenvalue weighted by molar-refractivity contribution is 6.04. The molecular weight excluding hydrogens is 276 g/mol. The van der Waals surface area contributed by atoms with E-state index in [-0.39, 0.29) is 18.3 Å². The van der Waals surface area contributed by atoms with E-state index in [1.807, 2.05) is 29.2 Å². The average molecular weight is 293 g/mol. The number of carbonyl (C=O) groups is 1. The number of rotatable bonds is 1. The molecule has 2 atom stereocenters. The molecule has 1 aromatic heterocycles. The van der Waals surface area contributed by atoms with Gasteiger partial charge in [0.1, 0.15) is 0 Å². The standard InChI is InChI=1S/C14H16N4O.ClH/c19-14(18-8-7-17-6-5-10(18)9-17)13-11-3-1-2-4-12(11)15-16-13;/h1-4,10H,5-9H2,(H,15,16);1H. The highest BCUT2D eigenvalue weighted by Gasteiger charge is 2.36. The minimum atomic E-state index is 0. The average Bonchev–Trinajstić information content (AvgIpc) is 3.03. The van der Waals surface area contributed by atoms with E-state index < -0.39 is 0 Å². The van der Waals surface area contributed by atoms with Crippen molar-refractivity contribution in [2.45, 2.75) is 12.5 Å². The summed E-state index contributed by atoms with van der Waals surface area (Å²) in [6.07, 6.45) is 1.09. The lowest BCUT2D eigenvalue weighted by Crippen LogP contribution is -2.49. The number of carbonyl (C=O) groups excluding carboxylic acids is 1. The third-order valence-electron chi connectivity index (χ3n) is 4.28. The van der Waals surface area contributed by atoms with Crippen molar-refractivity contribution in [2.24, 2.45) is 0 Å². The molecule has 1 aromatic carbocycles. The van der Waals surface area contributed by atoms with Crippen molar-refractivity contribution >= 4 is 29.2 Å². The maximum Gasteiger partial charge on any atom is 0.275 e. The van der Waals surface area contributed by atoms with Gasteiger partial charge in [-0.1, -0.05) is 18.2 Å². The zero-order chi connectivity index (χ0) is 12.8. The molecule has 1 N–H and O–H groups in total. The Hall–Kier alpha value is -1.59. The minimum Gasteiger partial charge on any atom is -0.332 e. The Morgan fingerprint density at radius 2 is 2.10 bits per heavy atom. The number of amides is 1. The lowest BCUT2D eigenvalue weighted by molar-refractivity contribution is 0.0605. The van der Waals surface area contributed by atoms with Gasteiger partial charge in [-0.05, 0) is 12.5 Å². The van der Waals surface area contributed by atoms with Gasteiger partial charge < -0.3 is 4.90 Å². The molecule has 3 heterocycles. The molecule has 2 aromatic rings. The summed E-state index contributed by atoms with van der Waals surface area (Å²) < 4.78 is 0. The fourth-order valence-corrected chi connectivity index (χ4v) is 3.23. The van der Waals surface area contributed by atoms with Gasteiger partial charge in [0, 0.05) is 37.6 Å². The van der Waals surface area contributed by atoms with Crippen LogP contribution >= 0.6 is 12.4 Å². The van der Waals surface area contributed by atoms with Gasteiger partial charge in [0.25, 0.3) is 5.91 Å². The molecule has 2 unspecified atom stereocenters. The van der Waals surface area contributed by atoms with Crippen molar-refractivity contribution in [3.05, 3.63) is 30.0 Å². The van der Waals surface area contributed by atoms with Crippen molar-refractivity contribution in [3.8, 4) is 0 Å². The molecule has 20 heavy (non-hydrogen) atoms. The van der Waals surface area contributed by atoms with Crippen LogP contribution in [0.5, 0.6) is 0 Å². The Morgan fingerprint density at radius 1 is 1.25 bits per heavy atom. The van der Waals surface area contributed by atoms with Gasteiger partial charge in [-0.25, -0.2) is 0 Å². The molecule has 6 heteroatoms. The van der Waals surface area contributed by atoms with Gasteiger partial charge in [0.15, 0.2) is 5.69 Å². The summed E-state index contributed by atoms with van der Waals surface area (Å²) in [7, 11) is 0. The lowest BCUT2D eigenvalue weighted by Gasteiger charge is -2.33. The molecule has 5 nitrogen and oxygen atoms in total. The Bertz CT molecular complexity index is 641. The predicted octanol–water partition coefficient (Wildman–Crippen LogP) is 1.51. The van der Waals surface area contributed by atoms with Crippen LogP contribution in [0.25, 0.3) is 10.9 Å². The van der Waals surface area contributed by atoms with Crippen molar-refractivity contribution in [2.75, 3.05) is 26.2 Å². The Kier molecular flexibility index (Phi) is 3.40. The number of piperazine rings is 1. The van der Waals surface area contributed by atoms with Crippen LogP contribution < -0.4 is 0 Å². The van der Waals surface area contributed by atoms with Crippen LogP contribution in [0.3, 0.4) is 0 Å². The van der Waals surface area contributed by atoms with Gasteiger partial charge >= 0.3 is 0 Å². The lowest BCUT2D eigenvalue weighted by atomic mass is 10.1.